The summed E-state index contributed by atoms with van der Waals surface area (Å²) in [5.41, 5.74) is 1.71. The first-order valence-electron chi connectivity index (χ1n) is 8.70. The van der Waals surface area contributed by atoms with Crippen molar-refractivity contribution in [3.63, 3.8) is 0 Å². The maximum atomic E-state index is 13.2. The minimum Gasteiger partial charge on any atom is -0.493 e. The predicted octanol–water partition coefficient (Wildman–Crippen LogP) is 4.20. The first-order valence-corrected chi connectivity index (χ1v) is 9.58. The van der Waals surface area contributed by atoms with Gasteiger partial charge in [0, 0.05) is 29.9 Å². The second-order valence-electron chi connectivity index (χ2n) is 6.21. The van der Waals surface area contributed by atoms with E-state index in [1.165, 1.54) is 0 Å². The van der Waals surface area contributed by atoms with Gasteiger partial charge in [-0.05, 0) is 35.7 Å². The summed E-state index contributed by atoms with van der Waals surface area (Å²) in [4.78, 5) is 16.2. The third-order valence-corrected chi connectivity index (χ3v) is 5.68. The minimum absolute atomic E-state index is 0.106. The molecule has 6 nitrogen and oxygen atoms in total. The number of para-hydroxylation sites is 1. The number of ether oxygens (including phenoxy) is 2. The van der Waals surface area contributed by atoms with E-state index in [-0.39, 0.29) is 12.1 Å². The van der Waals surface area contributed by atoms with Crippen molar-refractivity contribution in [2.24, 2.45) is 0 Å². The van der Waals surface area contributed by atoms with E-state index in [0.29, 0.717) is 23.7 Å². The van der Waals surface area contributed by atoms with Crippen molar-refractivity contribution in [1.29, 1.82) is 0 Å². The number of urea groups is 1. The molecule has 1 aromatic carbocycles. The van der Waals surface area contributed by atoms with Crippen molar-refractivity contribution in [2.75, 3.05) is 26.1 Å². The Morgan fingerprint density at radius 2 is 2.00 bits per heavy atom. The van der Waals surface area contributed by atoms with Crippen molar-refractivity contribution in [1.82, 2.24) is 9.47 Å². The maximum Gasteiger partial charge on any atom is 0.322 e. The molecule has 0 radical (unpaired) electrons. The zero-order valence-corrected chi connectivity index (χ0v) is 16.0. The maximum absolute atomic E-state index is 13.2. The summed E-state index contributed by atoms with van der Waals surface area (Å²) in [6.07, 6.45) is 2.07. The van der Waals surface area contributed by atoms with Crippen LogP contribution in [0.25, 0.3) is 0 Å². The Balaban J connectivity index is 1.66. The van der Waals surface area contributed by atoms with Crippen LogP contribution in [0.2, 0.25) is 0 Å². The third kappa shape index (κ3) is 3.14. The molecule has 3 heterocycles. The molecule has 140 valence electrons. The topological polar surface area (TPSA) is 55.7 Å². The van der Waals surface area contributed by atoms with Crippen molar-refractivity contribution < 1.29 is 14.3 Å². The van der Waals surface area contributed by atoms with E-state index in [2.05, 4.69) is 28.2 Å². The van der Waals surface area contributed by atoms with Crippen molar-refractivity contribution in [2.45, 2.75) is 12.6 Å². The van der Waals surface area contributed by atoms with Gasteiger partial charge in [-0.15, -0.1) is 11.3 Å². The zero-order valence-electron chi connectivity index (χ0n) is 15.2. The molecule has 27 heavy (non-hydrogen) atoms. The van der Waals surface area contributed by atoms with Gasteiger partial charge in [0.2, 0.25) is 0 Å². The molecule has 7 heteroatoms. The summed E-state index contributed by atoms with van der Waals surface area (Å²) in [6.45, 7) is 1.40. The Morgan fingerprint density at radius 3 is 2.74 bits per heavy atom. The Bertz CT molecular complexity index is 936. The Hall–Kier alpha value is -2.93. The normalized spacial score (nSPS) is 15.9. The van der Waals surface area contributed by atoms with E-state index in [0.717, 1.165) is 17.1 Å². The van der Waals surface area contributed by atoms with Crippen LogP contribution in [0.4, 0.5) is 10.5 Å². The smallest absolute Gasteiger partial charge is 0.322 e. The molecular weight excluding hydrogens is 362 g/mol. The number of hydrogen-bond acceptors (Lipinski definition) is 4. The van der Waals surface area contributed by atoms with E-state index in [1.54, 1.807) is 31.6 Å². The molecule has 0 saturated heterocycles. The van der Waals surface area contributed by atoms with Crippen LogP contribution in [0.1, 0.15) is 16.6 Å². The van der Waals surface area contributed by atoms with Crippen molar-refractivity contribution in [3.05, 3.63) is 64.6 Å². The van der Waals surface area contributed by atoms with E-state index in [1.807, 2.05) is 34.5 Å². The Morgan fingerprint density at radius 1 is 1.11 bits per heavy atom. The molecule has 2 amide bonds. The molecule has 0 aliphatic carbocycles. The molecule has 1 atom stereocenters. The van der Waals surface area contributed by atoms with Crippen LogP contribution in [0.3, 0.4) is 0 Å². The number of carbonyl (C=O) groups excluding carboxylic acids is 1. The molecule has 0 fully saturated rings. The molecule has 0 spiro atoms. The number of methoxy groups -OCH3 is 2. The lowest BCUT2D eigenvalue weighted by Gasteiger charge is -2.36. The van der Waals surface area contributed by atoms with Gasteiger partial charge in [-0.3, -0.25) is 0 Å². The molecule has 1 N–H and O–H groups in total. The van der Waals surface area contributed by atoms with Gasteiger partial charge < -0.3 is 24.3 Å². The fraction of sp³-hybridized carbons (Fsp3) is 0.250. The van der Waals surface area contributed by atoms with E-state index in [9.17, 15) is 4.79 Å². The average Bonchev–Trinajstić information content (AvgIpc) is 3.38. The highest BCUT2D eigenvalue weighted by molar-refractivity contribution is 7.10. The number of carbonyl (C=O) groups is 1. The molecule has 1 aliphatic heterocycles. The van der Waals surface area contributed by atoms with Gasteiger partial charge in [0.25, 0.3) is 0 Å². The van der Waals surface area contributed by atoms with Crippen LogP contribution in [-0.4, -0.2) is 36.3 Å². The van der Waals surface area contributed by atoms with E-state index < -0.39 is 0 Å². The number of nitrogens with zero attached hydrogens (tertiary/aromatic N) is 2. The van der Waals surface area contributed by atoms with Crippen molar-refractivity contribution >= 4 is 23.1 Å². The number of hydrogen-bond donors (Lipinski definition) is 1. The second-order valence-corrected chi connectivity index (χ2v) is 7.19. The third-order valence-electron chi connectivity index (χ3n) is 4.76. The lowest BCUT2D eigenvalue weighted by molar-refractivity contribution is 0.183. The van der Waals surface area contributed by atoms with Crippen LogP contribution in [-0.2, 0) is 6.54 Å². The summed E-state index contributed by atoms with van der Waals surface area (Å²) < 4.78 is 13.0. The molecule has 0 saturated carbocycles. The molecule has 3 aromatic rings. The van der Waals surface area contributed by atoms with Crippen LogP contribution in [0.15, 0.2) is 54.0 Å². The van der Waals surface area contributed by atoms with Crippen molar-refractivity contribution in [3.8, 4) is 11.5 Å². The predicted molar refractivity (Wildman–Crippen MR) is 106 cm³/mol. The molecular formula is C20H21N3O3S. The summed E-state index contributed by atoms with van der Waals surface area (Å²) in [6, 6.07) is 13.4. The highest BCUT2D eigenvalue weighted by Crippen LogP contribution is 2.37. The standard InChI is InChI=1S/C20H21N3O3S/c1-25-16-8-3-6-14(19(16)26-2)21-20(24)23-12-11-22-10-4-7-15(22)18(23)17-9-5-13-27-17/h3-10,13,18H,11-12H2,1-2H3,(H,21,24)/t18-/m0/s1. The monoisotopic (exact) mass is 383 g/mol. The van der Waals surface area contributed by atoms with Gasteiger partial charge in [-0.1, -0.05) is 12.1 Å². The van der Waals surface area contributed by atoms with Gasteiger partial charge >= 0.3 is 6.03 Å². The first kappa shape index (κ1) is 17.5. The Labute approximate surface area is 161 Å². The number of fused-ring (bicyclic) bond motifs is 1. The van der Waals surface area contributed by atoms with Crippen LogP contribution in [0.5, 0.6) is 11.5 Å². The number of anilines is 1. The summed E-state index contributed by atoms with van der Waals surface area (Å²) in [5, 5.41) is 5.04. The number of rotatable bonds is 4. The highest BCUT2D eigenvalue weighted by atomic mass is 32.1. The number of nitrogens with one attached hydrogen (secondary N) is 1. The number of benzene rings is 1. The van der Waals surface area contributed by atoms with E-state index in [4.69, 9.17) is 9.47 Å². The van der Waals surface area contributed by atoms with Crippen LogP contribution in [0, 0.1) is 0 Å². The summed E-state index contributed by atoms with van der Waals surface area (Å²) >= 11 is 1.66. The van der Waals surface area contributed by atoms with E-state index >= 15 is 0 Å². The summed E-state index contributed by atoms with van der Waals surface area (Å²) in [7, 11) is 3.14. The molecule has 1 aliphatic rings. The quantitative estimate of drug-likeness (QED) is 0.734. The lowest BCUT2D eigenvalue weighted by Crippen LogP contribution is -2.44. The van der Waals surface area contributed by atoms with Gasteiger partial charge in [0.15, 0.2) is 11.5 Å². The highest BCUT2D eigenvalue weighted by Gasteiger charge is 2.33. The zero-order chi connectivity index (χ0) is 18.8. The SMILES string of the molecule is COc1cccc(NC(=O)N2CCn3cccc3[C@H]2c2cccs2)c1OC. The van der Waals surface area contributed by atoms with Gasteiger partial charge in [-0.2, -0.15) is 0 Å². The second kappa shape index (κ2) is 7.36. The fourth-order valence-electron chi connectivity index (χ4n) is 3.52. The fourth-order valence-corrected chi connectivity index (χ4v) is 4.37. The minimum atomic E-state index is -0.160. The number of thiophene rings is 1. The van der Waals surface area contributed by atoms with Gasteiger partial charge in [-0.25, -0.2) is 4.79 Å². The number of amides is 2. The Kier molecular flexibility index (Phi) is 4.77. The molecule has 2 aromatic heterocycles. The largest absolute Gasteiger partial charge is 0.493 e. The van der Waals surface area contributed by atoms with Crippen LogP contribution < -0.4 is 14.8 Å². The summed E-state index contributed by atoms with van der Waals surface area (Å²) in [5.74, 6) is 1.10. The van der Waals surface area contributed by atoms with Gasteiger partial charge in [0.1, 0.15) is 6.04 Å². The van der Waals surface area contributed by atoms with Gasteiger partial charge in [0.05, 0.1) is 19.9 Å². The number of aromatic nitrogens is 1. The molecule has 0 bridgehead atoms. The molecule has 0 unspecified atom stereocenters. The van der Waals surface area contributed by atoms with Crippen LogP contribution >= 0.6 is 11.3 Å². The molecule has 4 rings (SSSR count). The first-order chi connectivity index (χ1) is 13.2. The lowest BCUT2D eigenvalue weighted by atomic mass is 10.1. The average molecular weight is 383 g/mol.